The summed E-state index contributed by atoms with van der Waals surface area (Å²) < 4.78 is 48.3. The fraction of sp³-hybridized carbons (Fsp3) is 0.917. The highest BCUT2D eigenvalue weighted by Gasteiger charge is 2.44. The van der Waals surface area contributed by atoms with E-state index in [1.807, 2.05) is 0 Å². The molecular formula is C12H18F3NO3. The van der Waals surface area contributed by atoms with E-state index in [1.165, 1.54) is 0 Å². The summed E-state index contributed by atoms with van der Waals surface area (Å²) in [5.41, 5.74) is 0. The molecule has 0 saturated carbocycles. The van der Waals surface area contributed by atoms with Crippen molar-refractivity contribution < 1.29 is 27.4 Å². The number of rotatable bonds is 4. The number of carbonyl (C=O) groups is 1. The maximum Gasteiger partial charge on any atom is 0.471 e. The molecule has 0 radical (unpaired) electrons. The van der Waals surface area contributed by atoms with E-state index in [0.29, 0.717) is 26.1 Å². The van der Waals surface area contributed by atoms with E-state index in [-0.39, 0.29) is 25.3 Å². The number of nitrogens with zero attached hydrogens (tertiary/aromatic N) is 1. The van der Waals surface area contributed by atoms with Gasteiger partial charge in [-0.05, 0) is 25.7 Å². The lowest BCUT2D eigenvalue weighted by atomic mass is 10.2. The van der Waals surface area contributed by atoms with Crippen molar-refractivity contribution in [2.75, 3.05) is 26.3 Å². The second-order valence-corrected chi connectivity index (χ2v) is 4.98. The molecule has 0 bridgehead atoms. The zero-order valence-electron chi connectivity index (χ0n) is 10.6. The molecule has 2 unspecified atom stereocenters. The van der Waals surface area contributed by atoms with Crippen LogP contribution in [0, 0.1) is 0 Å². The van der Waals surface area contributed by atoms with Crippen molar-refractivity contribution in [2.45, 2.75) is 44.1 Å². The summed E-state index contributed by atoms with van der Waals surface area (Å²) in [6.07, 6.45) is -2.34. The largest absolute Gasteiger partial charge is 0.471 e. The zero-order valence-corrected chi connectivity index (χ0v) is 10.6. The van der Waals surface area contributed by atoms with Gasteiger partial charge in [-0.2, -0.15) is 13.2 Å². The van der Waals surface area contributed by atoms with Crippen LogP contribution in [0.3, 0.4) is 0 Å². The van der Waals surface area contributed by atoms with Crippen LogP contribution in [-0.2, 0) is 14.3 Å². The summed E-state index contributed by atoms with van der Waals surface area (Å²) in [7, 11) is 0. The number of hydrogen-bond acceptors (Lipinski definition) is 3. The van der Waals surface area contributed by atoms with Crippen LogP contribution in [0.25, 0.3) is 0 Å². The summed E-state index contributed by atoms with van der Waals surface area (Å²) >= 11 is 0. The van der Waals surface area contributed by atoms with Crippen molar-refractivity contribution in [3.63, 3.8) is 0 Å². The molecular weight excluding hydrogens is 263 g/mol. The smallest absolute Gasteiger partial charge is 0.376 e. The van der Waals surface area contributed by atoms with Crippen LogP contribution in [0.2, 0.25) is 0 Å². The van der Waals surface area contributed by atoms with Gasteiger partial charge in [-0.1, -0.05) is 0 Å². The highest BCUT2D eigenvalue weighted by atomic mass is 19.4. The van der Waals surface area contributed by atoms with E-state index < -0.39 is 12.1 Å². The molecule has 2 fully saturated rings. The van der Waals surface area contributed by atoms with Crippen molar-refractivity contribution in [3.8, 4) is 0 Å². The predicted octanol–water partition coefficient (Wildman–Crippen LogP) is 1.74. The second kappa shape index (κ2) is 6.09. The van der Waals surface area contributed by atoms with Crippen LogP contribution in [0.4, 0.5) is 13.2 Å². The molecule has 2 saturated heterocycles. The van der Waals surface area contributed by atoms with Gasteiger partial charge in [-0.25, -0.2) is 0 Å². The van der Waals surface area contributed by atoms with E-state index >= 15 is 0 Å². The topological polar surface area (TPSA) is 38.8 Å². The number of hydrogen-bond donors (Lipinski definition) is 0. The first kappa shape index (κ1) is 14.6. The van der Waals surface area contributed by atoms with Crippen molar-refractivity contribution in [1.29, 1.82) is 0 Å². The van der Waals surface area contributed by atoms with Crippen LogP contribution in [0.5, 0.6) is 0 Å². The molecule has 110 valence electrons. The third-order valence-electron chi connectivity index (χ3n) is 3.43. The van der Waals surface area contributed by atoms with E-state index in [4.69, 9.17) is 9.47 Å². The maximum atomic E-state index is 12.6. The lowest BCUT2D eigenvalue weighted by Crippen LogP contribution is -2.47. The Morgan fingerprint density at radius 2 is 1.53 bits per heavy atom. The van der Waals surface area contributed by atoms with Gasteiger partial charge in [0.05, 0.1) is 12.2 Å². The Hall–Kier alpha value is -0.820. The molecule has 0 spiro atoms. The van der Waals surface area contributed by atoms with Crippen molar-refractivity contribution >= 4 is 5.91 Å². The first-order valence-electron chi connectivity index (χ1n) is 6.56. The Morgan fingerprint density at radius 3 is 1.84 bits per heavy atom. The number of alkyl halides is 3. The monoisotopic (exact) mass is 281 g/mol. The SMILES string of the molecule is O=C(N(CC1CCCO1)CC1CCCO1)C(F)(F)F. The van der Waals surface area contributed by atoms with Gasteiger partial charge in [0.25, 0.3) is 0 Å². The minimum absolute atomic E-state index is 0.00178. The minimum atomic E-state index is -4.84. The van der Waals surface area contributed by atoms with E-state index in [0.717, 1.165) is 17.7 Å². The first-order valence-corrected chi connectivity index (χ1v) is 6.56. The molecule has 2 atom stereocenters. The Balaban J connectivity index is 1.96. The molecule has 4 nitrogen and oxygen atoms in total. The van der Waals surface area contributed by atoms with E-state index in [2.05, 4.69) is 0 Å². The average molecular weight is 281 g/mol. The third-order valence-corrected chi connectivity index (χ3v) is 3.43. The molecule has 0 aromatic heterocycles. The number of amides is 1. The molecule has 0 N–H and O–H groups in total. The third kappa shape index (κ3) is 4.07. The quantitative estimate of drug-likeness (QED) is 0.788. The second-order valence-electron chi connectivity index (χ2n) is 4.98. The number of ether oxygens (including phenoxy) is 2. The van der Waals surface area contributed by atoms with E-state index in [9.17, 15) is 18.0 Å². The molecule has 0 aliphatic carbocycles. The Kier molecular flexibility index (Phi) is 4.67. The molecule has 2 heterocycles. The first-order chi connectivity index (χ1) is 8.97. The summed E-state index contributed by atoms with van der Waals surface area (Å²) in [5, 5.41) is 0. The van der Waals surface area contributed by atoms with Crippen molar-refractivity contribution in [1.82, 2.24) is 4.90 Å². The molecule has 1 amide bonds. The van der Waals surface area contributed by atoms with Crippen molar-refractivity contribution in [2.24, 2.45) is 0 Å². The Morgan fingerprint density at radius 1 is 1.05 bits per heavy atom. The standard InChI is InChI=1S/C12H18F3NO3/c13-12(14,15)11(17)16(7-9-3-1-5-18-9)8-10-4-2-6-19-10/h9-10H,1-8H2. The number of carbonyl (C=O) groups excluding carboxylic acids is 1. The molecule has 19 heavy (non-hydrogen) atoms. The summed E-state index contributed by atoms with van der Waals surface area (Å²) in [6.45, 7) is 1.10. The summed E-state index contributed by atoms with van der Waals surface area (Å²) in [6, 6.07) is 0. The Labute approximate surface area is 109 Å². The molecule has 7 heteroatoms. The minimum Gasteiger partial charge on any atom is -0.376 e. The van der Waals surface area contributed by atoms with E-state index in [1.54, 1.807) is 0 Å². The van der Waals surface area contributed by atoms with Gasteiger partial charge in [0.1, 0.15) is 0 Å². The van der Waals surface area contributed by atoms with Gasteiger partial charge in [-0.15, -0.1) is 0 Å². The fourth-order valence-corrected chi connectivity index (χ4v) is 2.49. The van der Waals surface area contributed by atoms with Gasteiger partial charge < -0.3 is 14.4 Å². The van der Waals surface area contributed by atoms with Crippen LogP contribution < -0.4 is 0 Å². The Bertz CT molecular complexity index is 292. The number of halogens is 3. The van der Waals surface area contributed by atoms with Gasteiger partial charge in [0.2, 0.25) is 0 Å². The highest BCUT2D eigenvalue weighted by Crippen LogP contribution is 2.23. The van der Waals surface area contributed by atoms with Crippen LogP contribution in [-0.4, -0.2) is 55.5 Å². The lowest BCUT2D eigenvalue weighted by molar-refractivity contribution is -0.188. The zero-order chi connectivity index (χ0) is 13.9. The van der Waals surface area contributed by atoms with Gasteiger partial charge in [0, 0.05) is 26.3 Å². The lowest BCUT2D eigenvalue weighted by Gasteiger charge is -2.28. The van der Waals surface area contributed by atoms with Crippen LogP contribution >= 0.6 is 0 Å². The highest BCUT2D eigenvalue weighted by molar-refractivity contribution is 5.81. The van der Waals surface area contributed by atoms with Gasteiger partial charge >= 0.3 is 12.1 Å². The fourth-order valence-electron chi connectivity index (χ4n) is 2.49. The van der Waals surface area contributed by atoms with Crippen molar-refractivity contribution in [3.05, 3.63) is 0 Å². The molecule has 2 rings (SSSR count). The molecule has 2 aliphatic heterocycles. The predicted molar refractivity (Wildman–Crippen MR) is 60.6 cm³/mol. The van der Waals surface area contributed by atoms with Crippen LogP contribution in [0.15, 0.2) is 0 Å². The summed E-state index contributed by atoms with van der Waals surface area (Å²) in [5.74, 6) is -1.79. The average Bonchev–Trinajstić information content (AvgIpc) is 2.98. The normalized spacial score (nSPS) is 27.7. The molecule has 0 aromatic carbocycles. The van der Waals surface area contributed by atoms with Crippen LogP contribution in [0.1, 0.15) is 25.7 Å². The molecule has 0 aromatic rings. The maximum absolute atomic E-state index is 12.6. The summed E-state index contributed by atoms with van der Waals surface area (Å²) in [4.78, 5) is 12.3. The molecule has 2 aliphatic rings. The van der Waals surface area contributed by atoms with Gasteiger partial charge in [-0.3, -0.25) is 4.79 Å². The van der Waals surface area contributed by atoms with Gasteiger partial charge in [0.15, 0.2) is 0 Å².